The van der Waals surface area contributed by atoms with Crippen molar-refractivity contribution in [2.75, 3.05) is 11.5 Å². The summed E-state index contributed by atoms with van der Waals surface area (Å²) in [5, 5.41) is 24.4. The maximum Gasteiger partial charge on any atom is 0.352 e. The third-order valence-corrected chi connectivity index (χ3v) is 9.09. The summed E-state index contributed by atoms with van der Waals surface area (Å²) >= 11 is 5.48. The van der Waals surface area contributed by atoms with E-state index in [1.807, 2.05) is 17.5 Å². The van der Waals surface area contributed by atoms with Gasteiger partial charge in [-0.15, -0.1) is 34.4 Å². The molecule has 2 aromatic rings. The molecule has 0 saturated carbocycles. The van der Waals surface area contributed by atoms with Crippen molar-refractivity contribution < 1.29 is 29.4 Å². The molecular weight excluding hydrogens is 494 g/mol. The first-order valence-electron chi connectivity index (χ1n) is 9.34. The molecule has 1 saturated heterocycles. The van der Waals surface area contributed by atoms with Gasteiger partial charge in [0.05, 0.1) is 18.5 Å². The number of nitrogens with one attached hydrogen (secondary N) is 1. The monoisotopic (exact) mass is 511 g/mol. The van der Waals surface area contributed by atoms with Gasteiger partial charge >= 0.3 is 11.9 Å². The summed E-state index contributed by atoms with van der Waals surface area (Å²) in [6, 6.07) is 2.95. The normalized spacial score (nSPS) is 20.0. The molecule has 4 rings (SSSR count). The van der Waals surface area contributed by atoms with E-state index in [0.29, 0.717) is 27.1 Å². The van der Waals surface area contributed by atoms with Crippen LogP contribution in [0.25, 0.3) is 0 Å². The lowest BCUT2D eigenvalue weighted by atomic mass is 10.0. The summed E-state index contributed by atoms with van der Waals surface area (Å²) in [6.07, 6.45) is 0.0135. The van der Waals surface area contributed by atoms with Crippen molar-refractivity contribution in [3.05, 3.63) is 44.7 Å². The number of thiazole rings is 1. The Morgan fingerprint density at radius 2 is 2.06 bits per heavy atom. The van der Waals surface area contributed by atoms with E-state index in [9.17, 15) is 24.3 Å². The summed E-state index contributed by atoms with van der Waals surface area (Å²) in [5.74, 6) is -2.12. The lowest BCUT2D eigenvalue weighted by molar-refractivity contribution is -0.150. The molecule has 0 aromatic carbocycles. The largest absolute Gasteiger partial charge is 0.481 e. The zero-order valence-electron chi connectivity index (χ0n) is 16.3. The van der Waals surface area contributed by atoms with Gasteiger partial charge in [-0.3, -0.25) is 19.3 Å². The first kappa shape index (κ1) is 22.8. The molecule has 9 nitrogen and oxygen atoms in total. The van der Waals surface area contributed by atoms with Gasteiger partial charge in [-0.05, 0) is 17.0 Å². The van der Waals surface area contributed by atoms with Crippen LogP contribution in [0.2, 0.25) is 0 Å². The summed E-state index contributed by atoms with van der Waals surface area (Å²) in [7, 11) is 0. The molecule has 2 amide bonds. The number of nitrogens with zero attached hydrogens (tertiary/aromatic N) is 2. The molecule has 1 fully saturated rings. The Balaban J connectivity index is 1.41. The summed E-state index contributed by atoms with van der Waals surface area (Å²) < 4.78 is 0.638. The van der Waals surface area contributed by atoms with Crippen LogP contribution in [-0.2, 0) is 32.0 Å². The highest BCUT2D eigenvalue weighted by atomic mass is 32.2. The fourth-order valence-corrected chi connectivity index (χ4v) is 7.36. The van der Waals surface area contributed by atoms with Crippen LogP contribution in [0, 0.1) is 0 Å². The van der Waals surface area contributed by atoms with Gasteiger partial charge in [0, 0.05) is 21.8 Å². The number of amides is 2. The smallest absolute Gasteiger partial charge is 0.352 e. The number of fused-ring (bicyclic) bond motifs is 1. The first-order valence-corrected chi connectivity index (χ1v) is 13.1. The number of thiophene rings is 1. The quantitative estimate of drug-likeness (QED) is 0.340. The molecule has 4 heterocycles. The van der Waals surface area contributed by atoms with E-state index in [0.717, 1.165) is 4.88 Å². The van der Waals surface area contributed by atoms with Crippen LogP contribution in [0.5, 0.6) is 0 Å². The summed E-state index contributed by atoms with van der Waals surface area (Å²) in [4.78, 5) is 54.1. The summed E-state index contributed by atoms with van der Waals surface area (Å²) in [5.41, 5.74) is 1.00. The van der Waals surface area contributed by atoms with Crippen LogP contribution in [0.4, 0.5) is 0 Å². The van der Waals surface area contributed by atoms with E-state index < -0.39 is 29.3 Å². The second-order valence-corrected chi connectivity index (χ2v) is 11.2. The fraction of sp³-hybridized carbons (Fsp3) is 0.316. The van der Waals surface area contributed by atoms with E-state index in [4.69, 9.17) is 5.11 Å². The highest BCUT2D eigenvalue weighted by Gasteiger charge is 2.54. The second kappa shape index (κ2) is 9.65. The molecule has 0 spiro atoms. The maximum atomic E-state index is 12.7. The number of carboxylic acid groups (broad SMARTS) is 2. The van der Waals surface area contributed by atoms with Crippen LogP contribution in [0.15, 0.2) is 38.5 Å². The molecule has 2 aliphatic heterocycles. The highest BCUT2D eigenvalue weighted by molar-refractivity contribution is 8.01. The third-order valence-electron chi connectivity index (χ3n) is 4.71. The SMILES string of the molecule is O=C(O)Cc1csc(SCC2=C(C(=O)O)N3C(=O)[C@@H](NC(=O)Cc4cccs4)[C@H]3SC2)n1. The molecule has 0 bridgehead atoms. The maximum absolute atomic E-state index is 12.7. The van der Waals surface area contributed by atoms with Crippen molar-refractivity contribution >= 4 is 70.0 Å². The molecule has 2 atom stereocenters. The first-order chi connectivity index (χ1) is 15.3. The van der Waals surface area contributed by atoms with E-state index in [-0.39, 0.29) is 24.4 Å². The molecule has 13 heteroatoms. The highest BCUT2D eigenvalue weighted by Crippen LogP contribution is 2.41. The number of β-lactam (4-membered cyclic amide) rings is 1. The number of hydrogen-bond donors (Lipinski definition) is 3. The molecule has 2 aliphatic rings. The molecule has 3 N–H and O–H groups in total. The molecule has 0 unspecified atom stereocenters. The zero-order valence-corrected chi connectivity index (χ0v) is 19.6. The minimum absolute atomic E-state index is 0.0441. The van der Waals surface area contributed by atoms with Crippen LogP contribution in [0.3, 0.4) is 0 Å². The van der Waals surface area contributed by atoms with Gasteiger partial charge in [-0.1, -0.05) is 17.8 Å². The van der Waals surface area contributed by atoms with Crippen LogP contribution in [0.1, 0.15) is 10.6 Å². The number of carbonyl (C=O) groups is 4. The Kier molecular flexibility index (Phi) is 6.88. The second-order valence-electron chi connectivity index (χ2n) is 6.93. The van der Waals surface area contributed by atoms with Gasteiger partial charge in [0.2, 0.25) is 5.91 Å². The van der Waals surface area contributed by atoms with Crippen LogP contribution < -0.4 is 5.32 Å². The van der Waals surface area contributed by atoms with Crippen molar-refractivity contribution in [1.29, 1.82) is 0 Å². The Morgan fingerprint density at radius 1 is 1.25 bits per heavy atom. The van der Waals surface area contributed by atoms with Crippen LogP contribution in [-0.4, -0.2) is 66.8 Å². The Morgan fingerprint density at radius 3 is 2.75 bits per heavy atom. The molecule has 168 valence electrons. The average Bonchev–Trinajstić information content (AvgIpc) is 3.41. The van der Waals surface area contributed by atoms with Gasteiger partial charge in [0.1, 0.15) is 21.5 Å². The summed E-state index contributed by atoms with van der Waals surface area (Å²) in [6.45, 7) is 0. The fourth-order valence-electron chi connectivity index (χ4n) is 3.33. The van der Waals surface area contributed by atoms with E-state index in [1.165, 1.54) is 51.1 Å². The average molecular weight is 512 g/mol. The number of thioether (sulfide) groups is 2. The number of aromatic nitrogens is 1. The van der Waals surface area contributed by atoms with E-state index >= 15 is 0 Å². The van der Waals surface area contributed by atoms with Gasteiger partial charge < -0.3 is 15.5 Å². The van der Waals surface area contributed by atoms with Gasteiger partial charge in [-0.2, -0.15) is 0 Å². The molecular formula is C19H17N3O6S4. The Hall–Kier alpha value is -2.35. The Bertz CT molecular complexity index is 1100. The lowest BCUT2D eigenvalue weighted by Gasteiger charge is -2.49. The van der Waals surface area contributed by atoms with Crippen molar-refractivity contribution in [1.82, 2.24) is 15.2 Å². The minimum atomic E-state index is -1.19. The number of carboxylic acids is 2. The van der Waals surface area contributed by atoms with Gasteiger partial charge in [0.25, 0.3) is 5.91 Å². The standard InChI is InChI=1S/C19H17N3O6S4/c23-12(5-11-2-1-3-29-11)21-14-16(26)22-15(18(27)28)9(6-30-17(14)22)7-31-19-20-10(8-32-19)4-13(24)25/h1-3,8,14,17H,4-7H2,(H,21,23)(H,24,25)(H,27,28)/t14-,17-/m1/s1. The van der Waals surface area contributed by atoms with Gasteiger partial charge in [0.15, 0.2) is 0 Å². The van der Waals surface area contributed by atoms with Crippen LogP contribution >= 0.6 is 46.2 Å². The zero-order chi connectivity index (χ0) is 22.8. The number of rotatable bonds is 9. The number of aliphatic carboxylic acids is 2. The van der Waals surface area contributed by atoms with Crippen molar-refractivity contribution in [2.45, 2.75) is 28.6 Å². The Labute approximate surface area is 198 Å². The van der Waals surface area contributed by atoms with Crippen molar-refractivity contribution in [3.8, 4) is 0 Å². The van der Waals surface area contributed by atoms with Crippen molar-refractivity contribution in [2.24, 2.45) is 0 Å². The topological polar surface area (TPSA) is 137 Å². The third kappa shape index (κ3) is 4.85. The predicted molar refractivity (Wildman–Crippen MR) is 122 cm³/mol. The van der Waals surface area contributed by atoms with E-state index in [2.05, 4.69) is 10.3 Å². The molecule has 2 aromatic heterocycles. The van der Waals surface area contributed by atoms with Gasteiger partial charge in [-0.25, -0.2) is 9.78 Å². The molecule has 0 radical (unpaired) electrons. The molecule has 0 aliphatic carbocycles. The lowest BCUT2D eigenvalue weighted by Crippen LogP contribution is -2.70. The number of hydrogen-bond acceptors (Lipinski definition) is 9. The minimum Gasteiger partial charge on any atom is -0.481 e. The predicted octanol–water partition coefficient (Wildman–Crippen LogP) is 1.91. The number of carbonyl (C=O) groups excluding carboxylic acids is 2. The molecule has 32 heavy (non-hydrogen) atoms. The van der Waals surface area contributed by atoms with E-state index in [1.54, 1.807) is 5.38 Å². The van der Waals surface area contributed by atoms with Crippen molar-refractivity contribution in [3.63, 3.8) is 0 Å².